The lowest BCUT2D eigenvalue weighted by Crippen LogP contribution is -2.40. The molecule has 1 aliphatic rings. The molecule has 6 nitrogen and oxygen atoms in total. The molecule has 2 aromatic heterocycles. The summed E-state index contributed by atoms with van der Waals surface area (Å²) in [5.41, 5.74) is 1.24. The Hall–Kier alpha value is -2.37. The van der Waals surface area contributed by atoms with Gasteiger partial charge in [-0.1, -0.05) is 0 Å². The van der Waals surface area contributed by atoms with Crippen LogP contribution in [0.3, 0.4) is 0 Å². The zero-order valence-electron chi connectivity index (χ0n) is 14.7. The number of aromatic nitrogens is 3. The highest BCUT2D eigenvalue weighted by atomic mass is 16.5. The van der Waals surface area contributed by atoms with E-state index in [0.29, 0.717) is 11.4 Å². The zero-order chi connectivity index (χ0) is 17.3. The first kappa shape index (κ1) is 16.5. The first-order valence-electron chi connectivity index (χ1n) is 8.29. The first-order valence-corrected chi connectivity index (χ1v) is 8.29. The highest BCUT2D eigenvalue weighted by Crippen LogP contribution is 2.18. The Balaban J connectivity index is 1.66. The molecule has 1 aliphatic heterocycles. The van der Waals surface area contributed by atoms with Gasteiger partial charge in [0.2, 0.25) is 5.88 Å². The van der Waals surface area contributed by atoms with Crippen LogP contribution in [-0.2, 0) is 13.0 Å². The van der Waals surface area contributed by atoms with E-state index < -0.39 is 0 Å². The molecule has 3 heterocycles. The van der Waals surface area contributed by atoms with Gasteiger partial charge >= 0.3 is 0 Å². The minimum absolute atomic E-state index is 0.0959. The summed E-state index contributed by atoms with van der Waals surface area (Å²) >= 11 is 0. The predicted octanol–water partition coefficient (Wildman–Crippen LogP) is 2.51. The number of ether oxygens (including phenoxy) is 1. The average molecular weight is 328 g/mol. The Bertz CT molecular complexity index is 746. The maximum Gasteiger partial charge on any atom is 0.251 e. The van der Waals surface area contributed by atoms with Crippen LogP contribution in [0, 0.1) is 6.92 Å². The highest BCUT2D eigenvalue weighted by molar-refractivity contribution is 5.94. The molecule has 0 unspecified atom stereocenters. The molecule has 3 rings (SSSR count). The summed E-state index contributed by atoms with van der Waals surface area (Å²) < 4.78 is 7.86. The van der Waals surface area contributed by atoms with E-state index in [1.165, 1.54) is 0 Å². The number of nitrogens with one attached hydrogen (secondary N) is 1. The highest BCUT2D eigenvalue weighted by Gasteiger charge is 2.22. The first-order chi connectivity index (χ1) is 11.3. The molecule has 0 fully saturated rings. The summed E-state index contributed by atoms with van der Waals surface area (Å²) in [5, 5.41) is 3.10. The third-order valence-corrected chi connectivity index (χ3v) is 3.86. The second kappa shape index (κ2) is 6.26. The van der Waals surface area contributed by atoms with Crippen LogP contribution in [0.1, 0.15) is 49.1 Å². The Morgan fingerprint density at radius 1 is 1.42 bits per heavy atom. The van der Waals surface area contributed by atoms with Gasteiger partial charge in [-0.25, -0.2) is 9.97 Å². The molecular formula is C18H24N4O2. The van der Waals surface area contributed by atoms with E-state index in [0.717, 1.165) is 30.9 Å². The molecule has 0 spiro atoms. The van der Waals surface area contributed by atoms with Gasteiger partial charge in [-0.2, -0.15) is 0 Å². The lowest BCUT2D eigenvalue weighted by molar-refractivity contribution is 0.0923. The fraction of sp³-hybridized carbons (Fsp3) is 0.500. The van der Waals surface area contributed by atoms with Gasteiger partial charge in [-0.15, -0.1) is 0 Å². The Labute approximate surface area is 142 Å². The number of amides is 1. The van der Waals surface area contributed by atoms with Crippen LogP contribution in [0.4, 0.5) is 0 Å². The number of carbonyl (C=O) groups excluding carboxylic acids is 1. The van der Waals surface area contributed by atoms with Crippen molar-refractivity contribution in [1.29, 1.82) is 0 Å². The number of hydrogen-bond acceptors (Lipinski definition) is 4. The van der Waals surface area contributed by atoms with E-state index in [4.69, 9.17) is 4.74 Å². The molecule has 0 saturated heterocycles. The second-order valence-electron chi connectivity index (χ2n) is 7.26. The fourth-order valence-corrected chi connectivity index (χ4v) is 2.89. The van der Waals surface area contributed by atoms with Crippen LogP contribution in [0.15, 0.2) is 24.5 Å². The van der Waals surface area contributed by atoms with Crippen LogP contribution in [0.5, 0.6) is 5.88 Å². The quantitative estimate of drug-likeness (QED) is 0.940. The maximum atomic E-state index is 12.5. The van der Waals surface area contributed by atoms with Gasteiger partial charge in [0.25, 0.3) is 5.91 Å². The molecule has 24 heavy (non-hydrogen) atoms. The topological polar surface area (TPSA) is 69.0 Å². The van der Waals surface area contributed by atoms with E-state index in [1.807, 2.05) is 33.9 Å². The summed E-state index contributed by atoms with van der Waals surface area (Å²) in [7, 11) is 0. The predicted molar refractivity (Wildman–Crippen MR) is 91.2 cm³/mol. The lowest BCUT2D eigenvalue weighted by atomic mass is 10.1. The van der Waals surface area contributed by atoms with Crippen molar-refractivity contribution >= 4 is 5.91 Å². The van der Waals surface area contributed by atoms with Crippen LogP contribution in [0.2, 0.25) is 0 Å². The lowest BCUT2D eigenvalue weighted by Gasteiger charge is -2.25. The Kier molecular flexibility index (Phi) is 4.30. The molecule has 0 aliphatic carbocycles. The number of fused-ring (bicyclic) bond motifs is 1. The second-order valence-corrected chi connectivity index (χ2v) is 7.26. The zero-order valence-corrected chi connectivity index (χ0v) is 14.7. The van der Waals surface area contributed by atoms with Crippen molar-refractivity contribution in [3.63, 3.8) is 0 Å². The molecule has 0 radical (unpaired) electrons. The summed E-state index contributed by atoms with van der Waals surface area (Å²) in [6.07, 6.45) is 5.43. The molecular weight excluding hydrogens is 304 g/mol. The van der Waals surface area contributed by atoms with Crippen molar-refractivity contribution in [3.8, 4) is 5.88 Å². The van der Waals surface area contributed by atoms with E-state index >= 15 is 0 Å². The molecule has 1 N–H and O–H groups in total. The number of pyridine rings is 1. The maximum absolute atomic E-state index is 12.5. The van der Waals surface area contributed by atoms with Gasteiger partial charge < -0.3 is 14.6 Å². The van der Waals surface area contributed by atoms with Crippen molar-refractivity contribution < 1.29 is 9.53 Å². The number of carbonyl (C=O) groups is 1. The molecule has 0 saturated carbocycles. The molecule has 1 amide bonds. The number of aryl methyl sites for hydroxylation is 2. The number of imidazole rings is 1. The van der Waals surface area contributed by atoms with E-state index in [9.17, 15) is 4.79 Å². The van der Waals surface area contributed by atoms with E-state index in [2.05, 4.69) is 19.9 Å². The average Bonchev–Trinajstić information content (AvgIpc) is 2.85. The van der Waals surface area contributed by atoms with Gasteiger partial charge in [0, 0.05) is 43.0 Å². The molecule has 2 aromatic rings. The smallest absolute Gasteiger partial charge is 0.251 e. The molecule has 6 heteroatoms. The van der Waals surface area contributed by atoms with Crippen LogP contribution in [0.25, 0.3) is 0 Å². The molecule has 128 valence electrons. The molecule has 1 atom stereocenters. The third kappa shape index (κ3) is 3.93. The van der Waals surface area contributed by atoms with E-state index in [-0.39, 0.29) is 17.6 Å². The van der Waals surface area contributed by atoms with Gasteiger partial charge in [0.1, 0.15) is 11.4 Å². The van der Waals surface area contributed by atoms with Gasteiger partial charge in [-0.05, 0) is 40.2 Å². The summed E-state index contributed by atoms with van der Waals surface area (Å²) in [5.74, 6) is 1.47. The minimum atomic E-state index is -0.346. The molecule has 0 aromatic carbocycles. The van der Waals surface area contributed by atoms with Crippen LogP contribution >= 0.6 is 0 Å². The fourth-order valence-electron chi connectivity index (χ4n) is 2.89. The van der Waals surface area contributed by atoms with Crippen molar-refractivity contribution in [2.45, 2.75) is 58.7 Å². The van der Waals surface area contributed by atoms with Crippen molar-refractivity contribution in [1.82, 2.24) is 19.9 Å². The standard InChI is InChI=1S/C18H24N4O2/c1-12-10-22-11-14(5-6-15(22)20-12)21-17(23)13-7-8-19-16(9-13)24-18(2,3)4/h7-10,14H,5-6,11H2,1-4H3,(H,21,23)/t14-/m1/s1. The SMILES string of the molecule is Cc1cn2c(n1)CC[C@@H](NC(=O)c1ccnc(OC(C)(C)C)c1)C2. The van der Waals surface area contributed by atoms with Crippen LogP contribution in [-0.4, -0.2) is 32.1 Å². The largest absolute Gasteiger partial charge is 0.472 e. The number of nitrogens with zero attached hydrogens (tertiary/aromatic N) is 3. The van der Waals surface area contributed by atoms with Gasteiger partial charge in [-0.3, -0.25) is 4.79 Å². The summed E-state index contributed by atoms with van der Waals surface area (Å²) in [6, 6.07) is 3.51. The Morgan fingerprint density at radius 2 is 2.21 bits per heavy atom. The summed E-state index contributed by atoms with van der Waals surface area (Å²) in [6.45, 7) is 8.61. The Morgan fingerprint density at radius 3 is 2.96 bits per heavy atom. The number of hydrogen-bond donors (Lipinski definition) is 1. The van der Waals surface area contributed by atoms with Gasteiger partial charge in [0.05, 0.1) is 5.69 Å². The van der Waals surface area contributed by atoms with Crippen molar-refractivity contribution in [2.24, 2.45) is 0 Å². The van der Waals surface area contributed by atoms with Crippen molar-refractivity contribution in [2.75, 3.05) is 0 Å². The third-order valence-electron chi connectivity index (χ3n) is 3.86. The molecule has 0 bridgehead atoms. The van der Waals surface area contributed by atoms with Crippen molar-refractivity contribution in [3.05, 3.63) is 41.6 Å². The van der Waals surface area contributed by atoms with Gasteiger partial charge in [0.15, 0.2) is 0 Å². The van der Waals surface area contributed by atoms with Crippen LogP contribution < -0.4 is 10.1 Å². The minimum Gasteiger partial charge on any atom is -0.472 e. The van der Waals surface area contributed by atoms with E-state index in [1.54, 1.807) is 18.3 Å². The summed E-state index contributed by atoms with van der Waals surface area (Å²) in [4.78, 5) is 21.2. The monoisotopic (exact) mass is 328 g/mol. The normalized spacial score (nSPS) is 17.2. The number of rotatable bonds is 3.